The van der Waals surface area contributed by atoms with E-state index in [1.54, 1.807) is 13.0 Å². The molecule has 1 rings (SSSR count). The van der Waals surface area contributed by atoms with Crippen LogP contribution >= 0.6 is 15.9 Å². The van der Waals surface area contributed by atoms with Gasteiger partial charge in [-0.15, -0.1) is 0 Å². The minimum Gasteiger partial charge on any atom is -0.478 e. The van der Waals surface area contributed by atoms with Gasteiger partial charge < -0.3 is 10.2 Å². The van der Waals surface area contributed by atoms with Crippen molar-refractivity contribution >= 4 is 21.9 Å². The zero-order valence-corrected chi connectivity index (χ0v) is 8.63. The van der Waals surface area contributed by atoms with Crippen LogP contribution in [0.1, 0.15) is 21.5 Å². The Balaban J connectivity index is 3.28. The molecule has 1 aromatic rings. The van der Waals surface area contributed by atoms with Gasteiger partial charge >= 0.3 is 5.97 Å². The molecule has 0 heterocycles. The van der Waals surface area contributed by atoms with E-state index in [-0.39, 0.29) is 12.2 Å². The van der Waals surface area contributed by atoms with Gasteiger partial charge in [-0.2, -0.15) is 0 Å². The molecule has 4 heteroatoms. The summed E-state index contributed by atoms with van der Waals surface area (Å²) in [6.07, 6.45) is 0. The fourth-order valence-corrected chi connectivity index (χ4v) is 1.62. The predicted octanol–water partition coefficient (Wildman–Crippen LogP) is 1.95. The summed E-state index contributed by atoms with van der Waals surface area (Å²) in [5.74, 6) is -0.973. The molecule has 0 spiro atoms. The third kappa shape index (κ3) is 2.08. The van der Waals surface area contributed by atoms with E-state index in [1.165, 1.54) is 6.07 Å². The van der Waals surface area contributed by atoms with Crippen LogP contribution in [-0.2, 0) is 6.61 Å². The Bertz CT molecular complexity index is 347. The molecule has 3 nitrogen and oxygen atoms in total. The van der Waals surface area contributed by atoms with E-state index < -0.39 is 5.97 Å². The summed E-state index contributed by atoms with van der Waals surface area (Å²) >= 11 is 3.13. The maximum absolute atomic E-state index is 10.7. The summed E-state index contributed by atoms with van der Waals surface area (Å²) < 4.78 is 0.495. The van der Waals surface area contributed by atoms with Gasteiger partial charge in [-0.05, 0) is 46.1 Å². The van der Waals surface area contributed by atoms with E-state index >= 15 is 0 Å². The van der Waals surface area contributed by atoms with Crippen molar-refractivity contribution in [3.63, 3.8) is 0 Å². The maximum atomic E-state index is 10.7. The Morgan fingerprint density at radius 1 is 1.54 bits per heavy atom. The van der Waals surface area contributed by atoms with E-state index in [9.17, 15) is 4.79 Å². The Kier molecular flexibility index (Phi) is 3.06. The molecule has 0 saturated heterocycles. The lowest BCUT2D eigenvalue weighted by Gasteiger charge is -2.05. The smallest absolute Gasteiger partial charge is 0.336 e. The van der Waals surface area contributed by atoms with Crippen molar-refractivity contribution in [3.05, 3.63) is 33.3 Å². The minimum atomic E-state index is -0.973. The molecule has 0 aliphatic heterocycles. The lowest BCUT2D eigenvalue weighted by atomic mass is 10.1. The molecule has 0 amide bonds. The second-order valence-electron chi connectivity index (χ2n) is 2.72. The molecule has 2 N–H and O–H groups in total. The first kappa shape index (κ1) is 10.2. The molecule has 0 fully saturated rings. The molecule has 13 heavy (non-hydrogen) atoms. The number of rotatable bonds is 2. The Labute approximate surface area is 84.1 Å². The molecule has 1 aromatic carbocycles. The number of aliphatic hydroxyl groups excluding tert-OH is 1. The molecule has 0 aromatic heterocycles. The number of hydrogen-bond donors (Lipinski definition) is 2. The Hall–Kier alpha value is -0.870. The van der Waals surface area contributed by atoms with Crippen LogP contribution in [0.25, 0.3) is 0 Å². The lowest BCUT2D eigenvalue weighted by Crippen LogP contribution is -2.00. The number of halogens is 1. The van der Waals surface area contributed by atoms with Crippen molar-refractivity contribution in [1.29, 1.82) is 0 Å². The first-order valence-corrected chi connectivity index (χ1v) is 4.48. The third-order valence-corrected chi connectivity index (χ3v) is 2.48. The average Bonchev–Trinajstić information content (AvgIpc) is 2.07. The van der Waals surface area contributed by atoms with Crippen molar-refractivity contribution in [1.82, 2.24) is 0 Å². The zero-order valence-electron chi connectivity index (χ0n) is 7.04. The number of hydrogen-bond acceptors (Lipinski definition) is 2. The molecule has 0 aliphatic rings. The van der Waals surface area contributed by atoms with E-state index in [0.717, 1.165) is 11.1 Å². The molecule has 70 valence electrons. The average molecular weight is 245 g/mol. The van der Waals surface area contributed by atoms with Gasteiger partial charge in [-0.3, -0.25) is 0 Å². The molecule has 0 radical (unpaired) electrons. The number of carbonyl (C=O) groups is 1. The molecular weight excluding hydrogens is 236 g/mol. The molecular formula is C9H9BrO3. The van der Waals surface area contributed by atoms with Gasteiger partial charge in [0, 0.05) is 4.47 Å². The second-order valence-corrected chi connectivity index (χ2v) is 3.58. The van der Waals surface area contributed by atoms with Gasteiger partial charge in [-0.1, -0.05) is 0 Å². The molecule has 0 aliphatic carbocycles. The highest BCUT2D eigenvalue weighted by Crippen LogP contribution is 2.21. The quantitative estimate of drug-likeness (QED) is 0.837. The summed E-state index contributed by atoms with van der Waals surface area (Å²) in [7, 11) is 0. The molecule has 0 atom stereocenters. The van der Waals surface area contributed by atoms with Gasteiger partial charge in [0.25, 0.3) is 0 Å². The van der Waals surface area contributed by atoms with Crippen LogP contribution in [-0.4, -0.2) is 16.2 Å². The van der Waals surface area contributed by atoms with Gasteiger partial charge in [0.1, 0.15) is 0 Å². The molecule has 0 saturated carbocycles. The first-order chi connectivity index (χ1) is 6.06. The van der Waals surface area contributed by atoms with Crippen molar-refractivity contribution < 1.29 is 15.0 Å². The fraction of sp³-hybridized carbons (Fsp3) is 0.222. The summed E-state index contributed by atoms with van der Waals surface area (Å²) in [5, 5.41) is 17.7. The van der Waals surface area contributed by atoms with E-state index in [2.05, 4.69) is 15.9 Å². The SMILES string of the molecule is Cc1cc(C(=O)O)c(Br)cc1CO. The number of aliphatic hydroxyl groups is 1. The summed E-state index contributed by atoms with van der Waals surface area (Å²) in [4.78, 5) is 10.7. The monoisotopic (exact) mass is 244 g/mol. The first-order valence-electron chi connectivity index (χ1n) is 3.69. The summed E-state index contributed by atoms with van der Waals surface area (Å²) in [5.41, 5.74) is 1.73. The fourth-order valence-electron chi connectivity index (χ4n) is 1.06. The Morgan fingerprint density at radius 2 is 2.15 bits per heavy atom. The Morgan fingerprint density at radius 3 is 2.62 bits per heavy atom. The van der Waals surface area contributed by atoms with E-state index in [4.69, 9.17) is 10.2 Å². The third-order valence-electron chi connectivity index (χ3n) is 1.83. The molecule has 0 bridgehead atoms. The summed E-state index contributed by atoms with van der Waals surface area (Å²) in [6.45, 7) is 1.69. The molecule has 0 unspecified atom stereocenters. The highest BCUT2D eigenvalue weighted by Gasteiger charge is 2.10. The predicted molar refractivity (Wildman–Crippen MR) is 51.8 cm³/mol. The van der Waals surface area contributed by atoms with Gasteiger partial charge in [0.05, 0.1) is 12.2 Å². The van der Waals surface area contributed by atoms with Crippen molar-refractivity contribution in [2.75, 3.05) is 0 Å². The van der Waals surface area contributed by atoms with Gasteiger partial charge in [0.15, 0.2) is 0 Å². The standard InChI is InChI=1S/C9H9BrO3/c1-5-2-7(9(12)13)8(10)3-6(5)4-11/h2-3,11H,4H2,1H3,(H,12,13). The van der Waals surface area contributed by atoms with Gasteiger partial charge in [0.2, 0.25) is 0 Å². The van der Waals surface area contributed by atoms with Crippen LogP contribution in [0.15, 0.2) is 16.6 Å². The van der Waals surface area contributed by atoms with Gasteiger partial charge in [-0.25, -0.2) is 4.79 Å². The largest absolute Gasteiger partial charge is 0.478 e. The topological polar surface area (TPSA) is 57.5 Å². The summed E-state index contributed by atoms with van der Waals surface area (Å²) in [6, 6.07) is 3.16. The van der Waals surface area contributed by atoms with Crippen LogP contribution in [0.4, 0.5) is 0 Å². The number of carboxylic acids is 1. The van der Waals surface area contributed by atoms with Crippen LogP contribution in [0.3, 0.4) is 0 Å². The van der Waals surface area contributed by atoms with Crippen molar-refractivity contribution in [2.45, 2.75) is 13.5 Å². The normalized spacial score (nSPS) is 10.1. The van der Waals surface area contributed by atoms with Crippen LogP contribution in [0.5, 0.6) is 0 Å². The van der Waals surface area contributed by atoms with Crippen LogP contribution in [0, 0.1) is 6.92 Å². The highest BCUT2D eigenvalue weighted by molar-refractivity contribution is 9.10. The van der Waals surface area contributed by atoms with Crippen molar-refractivity contribution in [3.8, 4) is 0 Å². The van der Waals surface area contributed by atoms with E-state index in [0.29, 0.717) is 4.47 Å². The zero-order chi connectivity index (χ0) is 10.0. The van der Waals surface area contributed by atoms with Crippen molar-refractivity contribution in [2.24, 2.45) is 0 Å². The lowest BCUT2D eigenvalue weighted by molar-refractivity contribution is 0.0695. The maximum Gasteiger partial charge on any atom is 0.336 e. The number of aromatic carboxylic acids is 1. The van der Waals surface area contributed by atoms with E-state index in [1.807, 2.05) is 0 Å². The number of carboxylic acid groups (broad SMARTS) is 1. The second kappa shape index (κ2) is 3.89. The minimum absolute atomic E-state index is 0.0790. The number of benzene rings is 1. The number of aryl methyl sites for hydroxylation is 1. The highest BCUT2D eigenvalue weighted by atomic mass is 79.9. The van der Waals surface area contributed by atoms with Crippen LogP contribution < -0.4 is 0 Å². The van der Waals surface area contributed by atoms with Crippen LogP contribution in [0.2, 0.25) is 0 Å².